The first kappa shape index (κ1) is 25.0. The fourth-order valence-electron chi connectivity index (χ4n) is 2.90. The maximum atomic E-state index is 13.4. The summed E-state index contributed by atoms with van der Waals surface area (Å²) in [7, 11) is -3.83. The van der Waals surface area contributed by atoms with Crippen molar-refractivity contribution in [1.29, 1.82) is 0 Å². The van der Waals surface area contributed by atoms with Crippen LogP contribution in [0.1, 0.15) is 30.5 Å². The van der Waals surface area contributed by atoms with Crippen LogP contribution in [0, 0.1) is 5.82 Å². The molecule has 4 nitrogen and oxygen atoms in total. The van der Waals surface area contributed by atoms with Crippen molar-refractivity contribution in [2.45, 2.75) is 44.0 Å². The zero-order valence-electron chi connectivity index (χ0n) is 16.4. The molecule has 172 valence electrons. The Morgan fingerprint density at radius 1 is 1.03 bits per heavy atom. The van der Waals surface area contributed by atoms with Gasteiger partial charge in [-0.2, -0.15) is 22.0 Å². The van der Waals surface area contributed by atoms with Crippen molar-refractivity contribution in [1.82, 2.24) is 5.32 Å². The summed E-state index contributed by atoms with van der Waals surface area (Å²) in [6, 6.07) is 6.26. The number of halogens is 6. The van der Waals surface area contributed by atoms with Gasteiger partial charge in [-0.05, 0) is 37.1 Å². The molecule has 0 bridgehead atoms. The number of ether oxygens (including phenoxy) is 1. The number of nitrogens with one attached hydrogen (secondary N) is 1. The average molecular weight is 469 g/mol. The summed E-state index contributed by atoms with van der Waals surface area (Å²) >= 11 is 0. The van der Waals surface area contributed by atoms with Gasteiger partial charge in [-0.3, -0.25) is 5.32 Å². The van der Waals surface area contributed by atoms with Crippen molar-refractivity contribution in [2.24, 2.45) is 0 Å². The van der Waals surface area contributed by atoms with Crippen molar-refractivity contribution < 1.29 is 39.5 Å². The molecule has 0 fully saturated rings. The maximum absolute atomic E-state index is 13.4. The van der Waals surface area contributed by atoms with Crippen molar-refractivity contribution in [3.8, 4) is 5.75 Å². The molecule has 0 saturated carbocycles. The van der Waals surface area contributed by atoms with Gasteiger partial charge in [0.15, 0.2) is 9.84 Å². The Morgan fingerprint density at radius 2 is 1.65 bits per heavy atom. The molecule has 1 N–H and O–H groups in total. The lowest BCUT2D eigenvalue weighted by molar-refractivity contribution is -0.159. The second kappa shape index (κ2) is 10.4. The Balaban J connectivity index is 2.03. The van der Waals surface area contributed by atoms with Crippen LogP contribution in [-0.4, -0.2) is 33.0 Å². The normalized spacial score (nSPS) is 14.5. The van der Waals surface area contributed by atoms with E-state index in [0.29, 0.717) is 0 Å². The molecule has 0 aliphatic carbocycles. The van der Waals surface area contributed by atoms with Gasteiger partial charge >= 0.3 is 12.8 Å². The monoisotopic (exact) mass is 469 g/mol. The van der Waals surface area contributed by atoms with E-state index < -0.39 is 52.0 Å². The number of hydrogen-bond acceptors (Lipinski definition) is 4. The van der Waals surface area contributed by atoms with Crippen LogP contribution >= 0.6 is 0 Å². The van der Waals surface area contributed by atoms with Crippen LogP contribution in [-0.2, 0) is 15.6 Å². The van der Waals surface area contributed by atoms with E-state index in [2.05, 4.69) is 10.1 Å². The van der Waals surface area contributed by atoms with Gasteiger partial charge in [0.25, 0.3) is 0 Å². The molecule has 11 heteroatoms. The Labute approximate surface area is 176 Å². The van der Waals surface area contributed by atoms with Gasteiger partial charge < -0.3 is 4.74 Å². The number of sulfone groups is 1. The predicted molar refractivity (Wildman–Crippen MR) is 103 cm³/mol. The lowest BCUT2D eigenvalue weighted by Gasteiger charge is -2.26. The van der Waals surface area contributed by atoms with E-state index in [0.717, 1.165) is 24.3 Å². The minimum absolute atomic E-state index is 0.0305. The van der Waals surface area contributed by atoms with Gasteiger partial charge in [-0.1, -0.05) is 30.3 Å². The number of alkyl halides is 5. The van der Waals surface area contributed by atoms with E-state index >= 15 is 0 Å². The van der Waals surface area contributed by atoms with Crippen molar-refractivity contribution in [3.05, 3.63) is 65.5 Å². The molecule has 0 aliphatic heterocycles. The summed E-state index contributed by atoms with van der Waals surface area (Å²) in [5, 5.41) is 2.33. The number of hydrogen-bond donors (Lipinski definition) is 1. The predicted octanol–water partition coefficient (Wildman–Crippen LogP) is 5.01. The molecular weight excluding hydrogens is 448 g/mol. The van der Waals surface area contributed by atoms with Crippen LogP contribution in [0.2, 0.25) is 0 Å². The van der Waals surface area contributed by atoms with Gasteiger partial charge in [0.05, 0.1) is 11.5 Å². The van der Waals surface area contributed by atoms with Crippen LogP contribution in [0.15, 0.2) is 48.5 Å². The lowest BCUT2D eigenvalue weighted by atomic mass is 10.0. The Morgan fingerprint density at radius 3 is 2.23 bits per heavy atom. The maximum Gasteiger partial charge on any atom is 0.407 e. The van der Waals surface area contributed by atoms with E-state index in [9.17, 15) is 34.8 Å². The van der Waals surface area contributed by atoms with Crippen LogP contribution in [0.4, 0.5) is 26.3 Å². The first-order valence-electron chi connectivity index (χ1n) is 9.19. The largest absolute Gasteiger partial charge is 0.435 e. The molecule has 0 spiro atoms. The van der Waals surface area contributed by atoms with Gasteiger partial charge in [0, 0.05) is 11.6 Å². The number of rotatable bonds is 10. The van der Waals surface area contributed by atoms with E-state index in [-0.39, 0.29) is 23.3 Å². The fourth-order valence-corrected chi connectivity index (χ4v) is 4.47. The fraction of sp³-hybridized carbons (Fsp3) is 0.400. The molecular formula is C20H21F6NO3S. The highest BCUT2D eigenvalue weighted by Gasteiger charge is 2.41. The second-order valence-corrected chi connectivity index (χ2v) is 9.14. The number of para-hydroxylation sites is 1. The topological polar surface area (TPSA) is 55.4 Å². The van der Waals surface area contributed by atoms with Gasteiger partial charge in [0.2, 0.25) is 0 Å². The highest BCUT2D eigenvalue weighted by Crippen LogP contribution is 2.33. The first-order chi connectivity index (χ1) is 14.4. The number of benzene rings is 2. The summed E-state index contributed by atoms with van der Waals surface area (Å²) < 4.78 is 107. The minimum atomic E-state index is -4.68. The van der Waals surface area contributed by atoms with Crippen LogP contribution in [0.25, 0.3) is 0 Å². The molecule has 0 aliphatic rings. The standard InChI is InChI=1S/C20H21F6NO3S/c1-13(27-18(20(24,25)26)14-6-8-16(21)9-7-14)10-11-31(28,29)12-15-4-2-3-5-17(15)30-19(22)23/h2-9,13,18-19,27H,10-12H2,1H3. The van der Waals surface area contributed by atoms with E-state index in [1.807, 2.05) is 0 Å². The molecule has 0 amide bonds. The first-order valence-corrected chi connectivity index (χ1v) is 11.0. The molecule has 0 radical (unpaired) electrons. The van der Waals surface area contributed by atoms with Crippen molar-refractivity contribution in [3.63, 3.8) is 0 Å². The molecule has 2 aromatic carbocycles. The Kier molecular flexibility index (Phi) is 8.35. The SMILES string of the molecule is CC(CCS(=O)(=O)Cc1ccccc1OC(F)F)NC(c1ccc(F)cc1)C(F)(F)F. The highest BCUT2D eigenvalue weighted by molar-refractivity contribution is 7.90. The van der Waals surface area contributed by atoms with Crippen LogP contribution < -0.4 is 10.1 Å². The molecule has 2 aromatic rings. The summed E-state index contributed by atoms with van der Waals surface area (Å²) in [4.78, 5) is 0. The van der Waals surface area contributed by atoms with Crippen LogP contribution in [0.5, 0.6) is 5.75 Å². The summed E-state index contributed by atoms with van der Waals surface area (Å²) in [6.45, 7) is -1.73. The Bertz CT molecular complexity index is 948. The van der Waals surface area contributed by atoms with Gasteiger partial charge in [-0.25, -0.2) is 12.8 Å². The molecule has 2 rings (SSSR count). The quantitative estimate of drug-likeness (QED) is 0.497. The lowest BCUT2D eigenvalue weighted by Crippen LogP contribution is -2.40. The molecule has 0 aromatic heterocycles. The third kappa shape index (κ3) is 8.06. The summed E-state index contributed by atoms with van der Waals surface area (Å²) in [5.41, 5.74) is -0.176. The van der Waals surface area contributed by atoms with Crippen molar-refractivity contribution >= 4 is 9.84 Å². The van der Waals surface area contributed by atoms with Crippen molar-refractivity contribution in [2.75, 3.05) is 5.75 Å². The second-order valence-electron chi connectivity index (χ2n) is 6.96. The smallest absolute Gasteiger partial charge is 0.407 e. The Hall–Kier alpha value is -2.27. The molecule has 0 heterocycles. The molecule has 2 unspecified atom stereocenters. The third-order valence-electron chi connectivity index (χ3n) is 4.41. The summed E-state index contributed by atoms with van der Waals surface area (Å²) in [5.74, 6) is -2.03. The summed E-state index contributed by atoms with van der Waals surface area (Å²) in [6.07, 6.45) is -4.84. The minimum Gasteiger partial charge on any atom is -0.435 e. The zero-order valence-corrected chi connectivity index (χ0v) is 17.2. The van der Waals surface area contributed by atoms with Gasteiger partial charge in [0.1, 0.15) is 17.6 Å². The zero-order chi connectivity index (χ0) is 23.2. The van der Waals surface area contributed by atoms with E-state index in [4.69, 9.17) is 0 Å². The average Bonchev–Trinajstić information content (AvgIpc) is 2.66. The van der Waals surface area contributed by atoms with Gasteiger partial charge in [-0.15, -0.1) is 0 Å². The molecule has 2 atom stereocenters. The third-order valence-corrected chi connectivity index (χ3v) is 6.02. The molecule has 31 heavy (non-hydrogen) atoms. The highest BCUT2D eigenvalue weighted by atomic mass is 32.2. The van der Waals surface area contributed by atoms with Crippen LogP contribution in [0.3, 0.4) is 0 Å². The molecule has 0 saturated heterocycles. The van der Waals surface area contributed by atoms with E-state index in [1.165, 1.54) is 31.2 Å². The van der Waals surface area contributed by atoms with E-state index in [1.54, 1.807) is 0 Å².